The van der Waals surface area contributed by atoms with E-state index < -0.39 is 77.9 Å². The second-order valence-electron chi connectivity index (χ2n) is 10.2. The Bertz CT molecular complexity index is 988. The quantitative estimate of drug-likeness (QED) is 0.306. The van der Waals surface area contributed by atoms with E-state index in [0.717, 1.165) is 0 Å². The molecule has 7 fully saturated rings. The van der Waals surface area contributed by atoms with Crippen molar-refractivity contribution in [1.29, 1.82) is 0 Å². The predicted molar refractivity (Wildman–Crippen MR) is 109 cm³/mol. The monoisotopic (exact) mass is 480 g/mol. The first-order valence-corrected chi connectivity index (χ1v) is 11.4. The SMILES string of the molecule is C[C@@]12C[C@@]3(O)O[C@H](O1)[C@]1(COC(=O)c4ccccc4)[C@H]3C[C@@]12O[C@@H]1O[C@H](CO)[C@H](O)[C@H](O)[C@H]1O. The Morgan fingerprint density at radius 2 is 1.85 bits per heavy atom. The van der Waals surface area contributed by atoms with Crippen LogP contribution >= 0.6 is 0 Å². The van der Waals surface area contributed by atoms with Gasteiger partial charge in [-0.15, -0.1) is 0 Å². The molecule has 0 radical (unpaired) electrons. The fourth-order valence-corrected chi connectivity index (χ4v) is 6.87. The van der Waals surface area contributed by atoms with Crippen molar-refractivity contribution in [2.45, 2.75) is 73.8 Å². The Labute approximate surface area is 194 Å². The third-order valence-corrected chi connectivity index (χ3v) is 8.57. The number of rotatable bonds is 6. The Hall–Kier alpha value is -1.67. The molecule has 1 aromatic rings. The van der Waals surface area contributed by atoms with Gasteiger partial charge in [-0.2, -0.15) is 0 Å². The molecular weight excluding hydrogens is 452 g/mol. The molecule has 0 unspecified atom stereocenters. The summed E-state index contributed by atoms with van der Waals surface area (Å²) in [5.41, 5.74) is -2.99. The van der Waals surface area contributed by atoms with Gasteiger partial charge in [0.1, 0.15) is 42.2 Å². The summed E-state index contributed by atoms with van der Waals surface area (Å²) in [5, 5.41) is 51.7. The summed E-state index contributed by atoms with van der Waals surface area (Å²) in [6, 6.07) is 8.47. The lowest BCUT2D eigenvalue weighted by Crippen LogP contribution is -2.80. The smallest absolute Gasteiger partial charge is 0.338 e. The lowest BCUT2D eigenvalue weighted by molar-refractivity contribution is -0.424. The van der Waals surface area contributed by atoms with Crippen LogP contribution in [0.2, 0.25) is 0 Å². The van der Waals surface area contributed by atoms with Crippen LogP contribution in [0.4, 0.5) is 0 Å². The van der Waals surface area contributed by atoms with Crippen molar-refractivity contribution in [3.63, 3.8) is 0 Å². The highest BCUT2D eigenvalue weighted by atomic mass is 16.8. The fraction of sp³-hybridized carbons (Fsp3) is 0.696. The van der Waals surface area contributed by atoms with Crippen LogP contribution in [-0.2, 0) is 23.7 Å². The Morgan fingerprint density at radius 1 is 1.12 bits per heavy atom. The van der Waals surface area contributed by atoms with Gasteiger partial charge in [-0.1, -0.05) is 18.2 Å². The van der Waals surface area contributed by atoms with Crippen LogP contribution in [0.5, 0.6) is 0 Å². The average molecular weight is 480 g/mol. The maximum absolute atomic E-state index is 12.7. The molecule has 186 valence electrons. The largest absolute Gasteiger partial charge is 0.461 e. The first-order chi connectivity index (χ1) is 16.1. The maximum Gasteiger partial charge on any atom is 0.338 e. The van der Waals surface area contributed by atoms with E-state index in [1.54, 1.807) is 37.3 Å². The number of hydrogen-bond acceptors (Lipinski definition) is 11. The maximum atomic E-state index is 12.7. The molecule has 6 bridgehead atoms. The lowest BCUT2D eigenvalue weighted by Gasteiger charge is -2.67. The van der Waals surface area contributed by atoms with Gasteiger partial charge in [-0.05, 0) is 25.5 Å². The number of esters is 1. The molecule has 0 spiro atoms. The summed E-state index contributed by atoms with van der Waals surface area (Å²) in [6.07, 6.45) is -7.87. The van der Waals surface area contributed by atoms with Gasteiger partial charge in [0, 0.05) is 12.3 Å². The molecule has 11 nitrogen and oxygen atoms in total. The molecule has 8 rings (SSSR count). The molecule has 5 N–H and O–H groups in total. The van der Waals surface area contributed by atoms with Gasteiger partial charge in [-0.3, -0.25) is 0 Å². The molecule has 7 aliphatic rings. The van der Waals surface area contributed by atoms with Gasteiger partial charge < -0.3 is 49.2 Å². The Kier molecular flexibility index (Phi) is 4.81. The molecule has 11 heteroatoms. The van der Waals surface area contributed by atoms with E-state index in [1.165, 1.54) is 0 Å². The molecule has 3 aliphatic carbocycles. The number of benzene rings is 1. The summed E-state index contributed by atoms with van der Waals surface area (Å²) in [4.78, 5) is 12.7. The normalized spacial score (nSPS) is 52.5. The van der Waals surface area contributed by atoms with Crippen molar-refractivity contribution in [1.82, 2.24) is 0 Å². The third-order valence-electron chi connectivity index (χ3n) is 8.57. The van der Waals surface area contributed by atoms with E-state index >= 15 is 0 Å². The molecule has 4 heterocycles. The van der Waals surface area contributed by atoms with Gasteiger partial charge >= 0.3 is 5.97 Å². The van der Waals surface area contributed by atoms with Crippen molar-refractivity contribution < 1.29 is 54.0 Å². The van der Waals surface area contributed by atoms with Crippen LogP contribution in [0.15, 0.2) is 30.3 Å². The molecule has 4 aliphatic heterocycles. The zero-order valence-corrected chi connectivity index (χ0v) is 18.4. The number of hydrogen-bond donors (Lipinski definition) is 5. The first kappa shape index (κ1) is 22.8. The number of aliphatic hydroxyl groups excluding tert-OH is 4. The van der Waals surface area contributed by atoms with E-state index in [1.807, 2.05) is 0 Å². The van der Waals surface area contributed by atoms with Gasteiger partial charge in [0.05, 0.1) is 17.6 Å². The summed E-state index contributed by atoms with van der Waals surface area (Å²) >= 11 is 0. The topological polar surface area (TPSA) is 164 Å². The summed E-state index contributed by atoms with van der Waals surface area (Å²) in [6.45, 7) is 0.985. The van der Waals surface area contributed by atoms with Crippen LogP contribution < -0.4 is 0 Å². The predicted octanol–water partition coefficient (Wildman–Crippen LogP) is -1.36. The van der Waals surface area contributed by atoms with Crippen LogP contribution in [0, 0.1) is 11.3 Å². The van der Waals surface area contributed by atoms with E-state index in [9.17, 15) is 30.3 Å². The van der Waals surface area contributed by atoms with Gasteiger partial charge in [-0.25, -0.2) is 4.79 Å². The molecule has 0 amide bonds. The highest BCUT2D eigenvalue weighted by Gasteiger charge is 2.94. The average Bonchev–Trinajstić information content (AvgIpc) is 3.00. The molecule has 4 saturated heterocycles. The van der Waals surface area contributed by atoms with Gasteiger partial charge in [0.2, 0.25) is 0 Å². The number of aliphatic hydroxyl groups is 5. The van der Waals surface area contributed by atoms with Crippen molar-refractivity contribution in [3.05, 3.63) is 35.9 Å². The van der Waals surface area contributed by atoms with Crippen LogP contribution in [0.3, 0.4) is 0 Å². The lowest BCUT2D eigenvalue weighted by atomic mass is 9.41. The zero-order valence-electron chi connectivity index (χ0n) is 18.4. The first-order valence-electron chi connectivity index (χ1n) is 11.4. The minimum atomic E-state index is -1.61. The van der Waals surface area contributed by atoms with Gasteiger partial charge in [0.25, 0.3) is 0 Å². The number of carbonyl (C=O) groups excluding carboxylic acids is 1. The van der Waals surface area contributed by atoms with E-state index in [-0.39, 0.29) is 19.4 Å². The molecular formula is C23H28O11. The summed E-state index contributed by atoms with van der Waals surface area (Å²) in [7, 11) is 0. The standard InChI is InChI=1S/C23H28O11/c1-20-9-22(29)13-7-23(20,32-18-16(27)15(26)14(25)12(8-24)31-18)21(13,19(33-20)34-22)10-30-17(28)11-5-3-2-4-6-11/h2-6,12-16,18-19,24-27,29H,7-10H2,1H3/t12-,13-,14+,15+,16-,18+,19+,20+,21+,22-,23+/m1/s1. The molecule has 3 saturated carbocycles. The van der Waals surface area contributed by atoms with Crippen molar-refractivity contribution in [2.24, 2.45) is 11.3 Å². The molecule has 11 atom stereocenters. The van der Waals surface area contributed by atoms with Crippen molar-refractivity contribution in [3.8, 4) is 0 Å². The third kappa shape index (κ3) is 2.59. The van der Waals surface area contributed by atoms with E-state index in [0.29, 0.717) is 5.56 Å². The Balaban J connectivity index is 1.32. The highest BCUT2D eigenvalue weighted by molar-refractivity contribution is 5.89. The van der Waals surface area contributed by atoms with Crippen molar-refractivity contribution in [2.75, 3.05) is 13.2 Å². The van der Waals surface area contributed by atoms with Crippen LogP contribution in [0.1, 0.15) is 30.1 Å². The highest BCUT2D eigenvalue weighted by Crippen LogP contribution is 2.81. The van der Waals surface area contributed by atoms with Crippen LogP contribution in [0.25, 0.3) is 0 Å². The number of carbonyl (C=O) groups is 1. The second-order valence-corrected chi connectivity index (χ2v) is 10.2. The Morgan fingerprint density at radius 3 is 2.56 bits per heavy atom. The van der Waals surface area contributed by atoms with E-state index in [2.05, 4.69) is 0 Å². The summed E-state index contributed by atoms with van der Waals surface area (Å²) < 4.78 is 29.7. The minimum Gasteiger partial charge on any atom is -0.461 e. The molecule has 34 heavy (non-hydrogen) atoms. The number of ether oxygens (including phenoxy) is 5. The van der Waals surface area contributed by atoms with Gasteiger partial charge in [0.15, 0.2) is 18.4 Å². The molecule has 1 aromatic carbocycles. The van der Waals surface area contributed by atoms with Crippen LogP contribution in [-0.4, -0.2) is 98.7 Å². The second kappa shape index (κ2) is 7.19. The van der Waals surface area contributed by atoms with Crippen molar-refractivity contribution >= 4 is 5.97 Å². The fourth-order valence-electron chi connectivity index (χ4n) is 6.87. The summed E-state index contributed by atoms with van der Waals surface area (Å²) in [5.74, 6) is -2.49. The van der Waals surface area contributed by atoms with E-state index in [4.69, 9.17) is 23.7 Å². The minimum absolute atomic E-state index is 0.0902. The zero-order chi connectivity index (χ0) is 24.1. The molecule has 0 aromatic heterocycles.